The molecular formula is C11H11AsIN3O5. The van der Waals surface area contributed by atoms with Crippen LogP contribution in [0.4, 0.5) is 5.69 Å². The van der Waals surface area contributed by atoms with Gasteiger partial charge in [-0.05, 0) is 0 Å². The standard InChI is InChI=1S/C11H11AsIN3O5/c1-12(4-5-20-9(17)6-13)7-2-3-8(16(18)19)11-10(7)14-21-15-11/h2-3H,4-6H2,1H3. The minimum atomic E-state index is -1.54. The van der Waals surface area contributed by atoms with Gasteiger partial charge in [0.2, 0.25) is 0 Å². The van der Waals surface area contributed by atoms with Crippen molar-refractivity contribution >= 4 is 64.3 Å². The molecule has 0 amide bonds. The Bertz CT molecular complexity index is 677. The van der Waals surface area contributed by atoms with E-state index in [1.807, 2.05) is 22.6 Å². The van der Waals surface area contributed by atoms with E-state index in [9.17, 15) is 14.9 Å². The molecule has 2 rings (SSSR count). The third kappa shape index (κ3) is 3.70. The van der Waals surface area contributed by atoms with Crippen LogP contribution < -0.4 is 4.35 Å². The number of hydrogen-bond donors (Lipinski definition) is 0. The molecule has 0 N–H and O–H groups in total. The summed E-state index contributed by atoms with van der Waals surface area (Å²) in [6.45, 7) is 0.349. The molecule has 1 aromatic heterocycles. The third-order valence-electron chi connectivity index (χ3n) is 2.78. The number of esters is 1. The number of non-ortho nitro benzene ring substituents is 1. The molecule has 0 fully saturated rings. The fourth-order valence-electron chi connectivity index (χ4n) is 1.75. The molecule has 1 atom stereocenters. The monoisotopic (exact) mass is 467 g/mol. The van der Waals surface area contributed by atoms with Crippen LogP contribution in [0.5, 0.6) is 0 Å². The molecule has 0 radical (unpaired) electrons. The normalized spacial score (nSPS) is 12.3. The Labute approximate surface area is 137 Å². The molecule has 1 heterocycles. The number of halogens is 1. The molecule has 0 saturated carbocycles. The molecule has 0 spiro atoms. The molecule has 1 unspecified atom stereocenters. The number of carbonyl (C=O) groups is 1. The van der Waals surface area contributed by atoms with Crippen LogP contribution in [0.1, 0.15) is 0 Å². The third-order valence-corrected chi connectivity index (χ3v) is 7.68. The fourth-order valence-corrected chi connectivity index (χ4v) is 5.00. The average molecular weight is 467 g/mol. The second-order valence-corrected chi connectivity index (χ2v) is 9.74. The molecule has 10 heteroatoms. The zero-order valence-corrected chi connectivity index (χ0v) is 15.0. The summed E-state index contributed by atoms with van der Waals surface area (Å²) >= 11 is 0.409. The predicted octanol–water partition coefficient (Wildman–Crippen LogP) is 1.44. The van der Waals surface area contributed by atoms with Crippen molar-refractivity contribution in [3.8, 4) is 0 Å². The molecule has 0 aliphatic heterocycles. The molecule has 0 aliphatic rings. The SMILES string of the molecule is C[As](CCOC(=O)CI)c1ccc([N+](=O)[O-])c2nonc12. The Morgan fingerprint density at radius 1 is 1.48 bits per heavy atom. The Balaban J connectivity index is 2.18. The van der Waals surface area contributed by atoms with Gasteiger partial charge in [-0.25, -0.2) is 0 Å². The van der Waals surface area contributed by atoms with Crippen molar-refractivity contribution in [2.24, 2.45) is 0 Å². The number of carbonyl (C=O) groups excluding carboxylic acids is 1. The van der Waals surface area contributed by atoms with E-state index in [1.165, 1.54) is 6.07 Å². The first-order chi connectivity index (χ1) is 10.0. The quantitative estimate of drug-likeness (QED) is 0.158. The summed E-state index contributed by atoms with van der Waals surface area (Å²) in [5, 5.41) is 19.0. The number of nitrogens with zero attached hydrogens (tertiary/aromatic N) is 3. The number of benzene rings is 1. The van der Waals surface area contributed by atoms with Crippen LogP contribution in [-0.2, 0) is 9.53 Å². The Morgan fingerprint density at radius 2 is 2.19 bits per heavy atom. The second-order valence-electron chi connectivity index (χ2n) is 4.10. The van der Waals surface area contributed by atoms with E-state index in [0.717, 1.165) is 9.56 Å². The summed E-state index contributed by atoms with van der Waals surface area (Å²) in [5.74, 6) is -0.241. The molecule has 1 aromatic carbocycles. The van der Waals surface area contributed by atoms with Crippen molar-refractivity contribution in [3.63, 3.8) is 0 Å². The van der Waals surface area contributed by atoms with Crippen molar-refractivity contribution in [1.82, 2.24) is 10.3 Å². The summed E-state index contributed by atoms with van der Waals surface area (Å²) in [7, 11) is 0. The number of fused-ring (bicyclic) bond motifs is 1. The van der Waals surface area contributed by atoms with E-state index in [-0.39, 0.29) is 17.2 Å². The number of alkyl halides is 1. The molecule has 112 valence electrons. The molecular weight excluding hydrogens is 456 g/mol. The van der Waals surface area contributed by atoms with E-state index in [4.69, 9.17) is 4.74 Å². The summed E-state index contributed by atoms with van der Waals surface area (Å²) < 4.78 is 10.9. The predicted molar refractivity (Wildman–Crippen MR) is 84.4 cm³/mol. The van der Waals surface area contributed by atoms with E-state index in [0.29, 0.717) is 16.6 Å². The number of aromatic nitrogens is 2. The number of rotatable bonds is 6. The van der Waals surface area contributed by atoms with Crippen LogP contribution >= 0.6 is 22.6 Å². The van der Waals surface area contributed by atoms with Crippen molar-refractivity contribution in [1.29, 1.82) is 0 Å². The Kier molecular flexibility index (Phi) is 5.51. The van der Waals surface area contributed by atoms with Gasteiger partial charge < -0.3 is 0 Å². The van der Waals surface area contributed by atoms with Crippen molar-refractivity contribution in [2.45, 2.75) is 10.9 Å². The summed E-state index contributed by atoms with van der Waals surface area (Å²) in [6.07, 6.45) is 0. The number of hydrogen-bond acceptors (Lipinski definition) is 7. The molecule has 0 aliphatic carbocycles. The fraction of sp³-hybridized carbons (Fsp3) is 0.364. The molecule has 8 nitrogen and oxygen atoms in total. The molecule has 0 saturated heterocycles. The van der Waals surface area contributed by atoms with Gasteiger partial charge in [0.25, 0.3) is 0 Å². The number of nitro benzene ring substituents is 1. The number of ether oxygens (including phenoxy) is 1. The number of nitro groups is 1. The zero-order valence-electron chi connectivity index (χ0n) is 11.0. The van der Waals surface area contributed by atoms with Gasteiger partial charge in [0.05, 0.1) is 0 Å². The van der Waals surface area contributed by atoms with E-state index in [1.54, 1.807) is 6.07 Å². The van der Waals surface area contributed by atoms with Gasteiger partial charge in [-0.15, -0.1) is 0 Å². The van der Waals surface area contributed by atoms with Crippen LogP contribution in [-0.4, -0.2) is 46.9 Å². The van der Waals surface area contributed by atoms with Gasteiger partial charge in [-0.1, -0.05) is 0 Å². The van der Waals surface area contributed by atoms with Crippen LogP contribution in [0.15, 0.2) is 16.8 Å². The maximum absolute atomic E-state index is 11.1. The molecule has 21 heavy (non-hydrogen) atoms. The summed E-state index contributed by atoms with van der Waals surface area (Å²) in [5.41, 5.74) is 2.56. The van der Waals surface area contributed by atoms with Gasteiger partial charge in [0.1, 0.15) is 0 Å². The first-order valence-electron chi connectivity index (χ1n) is 5.87. The first kappa shape index (κ1) is 16.2. The van der Waals surface area contributed by atoms with Crippen molar-refractivity contribution < 1.29 is 19.1 Å². The van der Waals surface area contributed by atoms with Crippen molar-refractivity contribution in [2.75, 3.05) is 11.0 Å². The molecule has 2 aromatic rings. The van der Waals surface area contributed by atoms with Gasteiger partial charge in [0, 0.05) is 0 Å². The van der Waals surface area contributed by atoms with Crippen LogP contribution in [0, 0.1) is 10.1 Å². The van der Waals surface area contributed by atoms with Crippen LogP contribution in [0.3, 0.4) is 0 Å². The second kappa shape index (κ2) is 7.17. The van der Waals surface area contributed by atoms with E-state index < -0.39 is 19.6 Å². The average Bonchev–Trinajstić information content (AvgIpc) is 2.94. The van der Waals surface area contributed by atoms with Crippen LogP contribution in [0.25, 0.3) is 11.0 Å². The first-order valence-corrected chi connectivity index (χ1v) is 11.5. The minimum absolute atomic E-state index is 0.117. The maximum atomic E-state index is 11.1. The topological polar surface area (TPSA) is 108 Å². The van der Waals surface area contributed by atoms with Gasteiger partial charge in [-0.2, -0.15) is 0 Å². The van der Waals surface area contributed by atoms with Crippen LogP contribution in [0.2, 0.25) is 10.9 Å². The summed E-state index contributed by atoms with van der Waals surface area (Å²) in [6, 6.07) is 3.12. The van der Waals surface area contributed by atoms with Crippen molar-refractivity contribution in [3.05, 3.63) is 22.2 Å². The van der Waals surface area contributed by atoms with E-state index >= 15 is 0 Å². The van der Waals surface area contributed by atoms with Gasteiger partial charge in [-0.3, -0.25) is 0 Å². The van der Waals surface area contributed by atoms with E-state index in [2.05, 4.69) is 20.7 Å². The van der Waals surface area contributed by atoms with Gasteiger partial charge >= 0.3 is 138 Å². The molecule has 0 bridgehead atoms. The Hall–Kier alpha value is -1.22. The van der Waals surface area contributed by atoms with Gasteiger partial charge in [0.15, 0.2) is 0 Å². The zero-order chi connectivity index (χ0) is 15.4. The summed E-state index contributed by atoms with van der Waals surface area (Å²) in [4.78, 5) is 21.5. The Morgan fingerprint density at radius 3 is 2.86 bits per heavy atom.